The van der Waals surface area contributed by atoms with Crippen LogP contribution in [0.15, 0.2) is 35.5 Å². The number of aliphatic imine (C=N–C) groups is 1. The van der Waals surface area contributed by atoms with Crippen LogP contribution in [0, 0.1) is 0 Å². The lowest BCUT2D eigenvalue weighted by Gasteiger charge is -2.20. The highest BCUT2D eigenvalue weighted by atomic mass is 16.5. The second-order valence-electron chi connectivity index (χ2n) is 4.60. The van der Waals surface area contributed by atoms with E-state index < -0.39 is 0 Å². The molecule has 2 aromatic rings. The molecule has 1 aromatic heterocycles. The van der Waals surface area contributed by atoms with Crippen molar-refractivity contribution in [2.75, 3.05) is 19.0 Å². The maximum atomic E-state index is 5.16. The molecular weight excluding hydrogens is 266 g/mol. The monoisotopic (exact) mass is 283 g/mol. The van der Waals surface area contributed by atoms with Crippen molar-refractivity contribution < 1.29 is 4.74 Å². The highest BCUT2D eigenvalue weighted by Gasteiger charge is 2.19. The minimum absolute atomic E-state index is 0.135. The number of hydrogen-bond acceptors (Lipinski definition) is 6. The fraction of sp³-hybridized carbons (Fsp3) is 0.267. The predicted octanol–water partition coefficient (Wildman–Crippen LogP) is 2.21. The van der Waals surface area contributed by atoms with Crippen LogP contribution in [0.1, 0.15) is 18.8 Å². The van der Waals surface area contributed by atoms with E-state index >= 15 is 0 Å². The molecule has 21 heavy (non-hydrogen) atoms. The number of nitrogens with one attached hydrogen (secondary N) is 2. The van der Waals surface area contributed by atoms with Crippen molar-refractivity contribution in [1.82, 2.24) is 15.3 Å². The molecule has 0 fully saturated rings. The van der Waals surface area contributed by atoms with Gasteiger partial charge in [0.05, 0.1) is 25.3 Å². The number of ether oxygens (including phenoxy) is 1. The van der Waals surface area contributed by atoms with Gasteiger partial charge in [0.15, 0.2) is 5.82 Å². The summed E-state index contributed by atoms with van der Waals surface area (Å²) < 4.78 is 5.16. The van der Waals surface area contributed by atoms with E-state index in [1.54, 1.807) is 19.6 Å². The molecule has 1 aliphatic heterocycles. The number of hydrogen-bond donors (Lipinski definition) is 2. The Morgan fingerprint density at radius 1 is 1.29 bits per heavy atom. The Kier molecular flexibility index (Phi) is 3.79. The molecule has 1 unspecified atom stereocenters. The molecule has 108 valence electrons. The number of rotatable bonds is 4. The van der Waals surface area contributed by atoms with E-state index in [0.29, 0.717) is 0 Å². The number of methoxy groups -OCH3 is 1. The molecule has 0 bridgehead atoms. The summed E-state index contributed by atoms with van der Waals surface area (Å²) in [7, 11) is 1.65. The topological polar surface area (TPSA) is 71.4 Å². The van der Waals surface area contributed by atoms with Crippen LogP contribution in [0.2, 0.25) is 0 Å². The van der Waals surface area contributed by atoms with Crippen LogP contribution in [-0.2, 0) is 0 Å². The average molecular weight is 283 g/mol. The van der Waals surface area contributed by atoms with Crippen LogP contribution in [0.3, 0.4) is 0 Å². The van der Waals surface area contributed by atoms with Crippen LogP contribution in [0.5, 0.6) is 5.75 Å². The Morgan fingerprint density at radius 3 is 2.81 bits per heavy atom. The minimum Gasteiger partial charge on any atom is -0.497 e. The Morgan fingerprint density at radius 2 is 2.10 bits per heavy atom. The van der Waals surface area contributed by atoms with Gasteiger partial charge in [-0.1, -0.05) is 6.92 Å². The smallest absolute Gasteiger partial charge is 0.157 e. The molecule has 1 atom stereocenters. The van der Waals surface area contributed by atoms with E-state index in [0.717, 1.165) is 35.1 Å². The Balaban J connectivity index is 1.92. The van der Waals surface area contributed by atoms with Gasteiger partial charge in [-0.15, -0.1) is 0 Å². The lowest BCUT2D eigenvalue weighted by atomic mass is 10.1. The first-order chi connectivity index (χ1) is 10.3. The molecular formula is C15H17N5O. The van der Waals surface area contributed by atoms with Crippen molar-refractivity contribution in [1.29, 1.82) is 0 Å². The van der Waals surface area contributed by atoms with Crippen molar-refractivity contribution in [3.63, 3.8) is 0 Å². The summed E-state index contributed by atoms with van der Waals surface area (Å²) in [4.78, 5) is 13.5. The van der Waals surface area contributed by atoms with Gasteiger partial charge in [0.1, 0.15) is 17.6 Å². The van der Waals surface area contributed by atoms with E-state index in [1.165, 1.54) is 0 Å². The third-order valence-electron chi connectivity index (χ3n) is 3.27. The number of fused-ring (bicyclic) bond motifs is 1. The van der Waals surface area contributed by atoms with Crippen LogP contribution in [0.4, 0.5) is 5.82 Å². The van der Waals surface area contributed by atoms with Gasteiger partial charge in [0, 0.05) is 5.56 Å². The van der Waals surface area contributed by atoms with E-state index in [-0.39, 0.29) is 6.17 Å². The fourth-order valence-electron chi connectivity index (χ4n) is 2.19. The summed E-state index contributed by atoms with van der Waals surface area (Å²) in [6, 6.07) is 7.75. The van der Waals surface area contributed by atoms with Crippen LogP contribution in [-0.4, -0.2) is 30.0 Å². The van der Waals surface area contributed by atoms with Crippen molar-refractivity contribution >= 4 is 12.2 Å². The predicted molar refractivity (Wildman–Crippen MR) is 82.6 cm³/mol. The second-order valence-corrected chi connectivity index (χ2v) is 4.60. The molecule has 0 amide bonds. The molecule has 6 nitrogen and oxygen atoms in total. The number of nitrogens with zero attached hydrogens (tertiary/aromatic N) is 3. The lowest BCUT2D eigenvalue weighted by molar-refractivity contribution is 0.415. The summed E-state index contributed by atoms with van der Waals surface area (Å²) in [5.41, 5.74) is 2.63. The third-order valence-corrected chi connectivity index (χ3v) is 3.27. The van der Waals surface area contributed by atoms with Gasteiger partial charge in [0.2, 0.25) is 0 Å². The van der Waals surface area contributed by atoms with Gasteiger partial charge in [-0.3, -0.25) is 10.3 Å². The van der Waals surface area contributed by atoms with Gasteiger partial charge < -0.3 is 10.1 Å². The molecule has 3 rings (SSSR count). The maximum absolute atomic E-state index is 5.16. The van der Waals surface area contributed by atoms with Gasteiger partial charge in [0.25, 0.3) is 0 Å². The SMILES string of the molecule is CCNC1N=CNc2nc(-c3ccc(OC)cc3)cnc21. The number of aromatic nitrogens is 2. The van der Waals surface area contributed by atoms with Crippen molar-refractivity contribution in [2.24, 2.45) is 4.99 Å². The van der Waals surface area contributed by atoms with Gasteiger partial charge >= 0.3 is 0 Å². The highest BCUT2D eigenvalue weighted by molar-refractivity contribution is 5.78. The summed E-state index contributed by atoms with van der Waals surface area (Å²) >= 11 is 0. The van der Waals surface area contributed by atoms with E-state index in [4.69, 9.17) is 4.74 Å². The standard InChI is InChI=1S/C15H17N5O/c1-3-16-14-13-15(19-9-18-14)20-12(8-17-13)10-4-6-11(21-2)7-5-10/h4-9,14,16H,3H2,1-2H3,(H,18,19,20). The van der Waals surface area contributed by atoms with Gasteiger partial charge in [-0.25, -0.2) is 9.98 Å². The molecule has 2 N–H and O–H groups in total. The van der Waals surface area contributed by atoms with Crippen LogP contribution in [0.25, 0.3) is 11.3 Å². The summed E-state index contributed by atoms with van der Waals surface area (Å²) in [5.74, 6) is 1.56. The zero-order chi connectivity index (χ0) is 14.7. The first-order valence-electron chi connectivity index (χ1n) is 6.84. The molecule has 0 saturated carbocycles. The molecule has 0 saturated heterocycles. The Bertz CT molecular complexity index is 654. The van der Waals surface area contributed by atoms with Crippen molar-refractivity contribution in [3.8, 4) is 17.0 Å². The molecule has 0 spiro atoms. The molecule has 6 heteroatoms. The van der Waals surface area contributed by atoms with Crippen molar-refractivity contribution in [3.05, 3.63) is 36.2 Å². The lowest BCUT2D eigenvalue weighted by Crippen LogP contribution is -2.25. The summed E-state index contributed by atoms with van der Waals surface area (Å²) in [6.07, 6.45) is 3.29. The zero-order valence-corrected chi connectivity index (χ0v) is 12.0. The van der Waals surface area contributed by atoms with Gasteiger partial charge in [-0.05, 0) is 30.8 Å². The molecule has 0 aliphatic carbocycles. The quantitative estimate of drug-likeness (QED) is 0.900. The molecule has 1 aliphatic rings. The first kappa shape index (κ1) is 13.5. The molecule has 1 aromatic carbocycles. The summed E-state index contributed by atoms with van der Waals surface area (Å²) in [6.45, 7) is 2.86. The van der Waals surface area contributed by atoms with Crippen molar-refractivity contribution in [2.45, 2.75) is 13.1 Å². The average Bonchev–Trinajstić information content (AvgIpc) is 2.55. The summed E-state index contributed by atoms with van der Waals surface area (Å²) in [5, 5.41) is 6.31. The van der Waals surface area contributed by atoms with E-state index in [9.17, 15) is 0 Å². The van der Waals surface area contributed by atoms with Crippen LogP contribution >= 0.6 is 0 Å². The number of benzene rings is 1. The number of anilines is 1. The normalized spacial score (nSPS) is 16.2. The fourth-order valence-corrected chi connectivity index (χ4v) is 2.19. The van der Waals surface area contributed by atoms with E-state index in [1.807, 2.05) is 31.2 Å². The first-order valence-corrected chi connectivity index (χ1v) is 6.84. The van der Waals surface area contributed by atoms with Gasteiger partial charge in [-0.2, -0.15) is 0 Å². The minimum atomic E-state index is -0.135. The zero-order valence-electron chi connectivity index (χ0n) is 12.0. The largest absolute Gasteiger partial charge is 0.497 e. The highest BCUT2D eigenvalue weighted by Crippen LogP contribution is 2.27. The Labute approximate surface area is 123 Å². The molecule has 2 heterocycles. The maximum Gasteiger partial charge on any atom is 0.157 e. The molecule has 0 radical (unpaired) electrons. The Hall–Kier alpha value is -2.47. The van der Waals surface area contributed by atoms with E-state index in [2.05, 4.69) is 25.6 Å². The van der Waals surface area contributed by atoms with Crippen LogP contribution < -0.4 is 15.4 Å². The second kappa shape index (κ2) is 5.88. The third kappa shape index (κ3) is 2.71.